The minimum atomic E-state index is -4.44. The van der Waals surface area contributed by atoms with Gasteiger partial charge in [-0.05, 0) is 29.8 Å². The molecule has 1 aliphatic heterocycles. The van der Waals surface area contributed by atoms with Crippen molar-refractivity contribution in [2.45, 2.75) is 18.8 Å². The first-order valence-electron chi connectivity index (χ1n) is 8.98. The molecule has 0 amide bonds. The van der Waals surface area contributed by atoms with Gasteiger partial charge in [-0.15, -0.1) is 0 Å². The van der Waals surface area contributed by atoms with Crippen LogP contribution in [0.5, 0.6) is 0 Å². The van der Waals surface area contributed by atoms with Crippen molar-refractivity contribution in [1.82, 2.24) is 15.0 Å². The first-order chi connectivity index (χ1) is 13.9. The van der Waals surface area contributed by atoms with Gasteiger partial charge in [0.1, 0.15) is 5.82 Å². The van der Waals surface area contributed by atoms with Gasteiger partial charge < -0.3 is 9.26 Å². The van der Waals surface area contributed by atoms with Gasteiger partial charge in [-0.3, -0.25) is 4.90 Å². The molecule has 1 saturated heterocycles. The van der Waals surface area contributed by atoms with Gasteiger partial charge >= 0.3 is 6.18 Å². The molecular weight excluding hydrogens is 390 g/mol. The van der Waals surface area contributed by atoms with Gasteiger partial charge in [0.15, 0.2) is 0 Å². The normalized spacial score (nSPS) is 18.1. The van der Waals surface area contributed by atoms with E-state index < -0.39 is 11.7 Å². The molecule has 1 unspecified atom stereocenters. The van der Waals surface area contributed by atoms with E-state index in [4.69, 9.17) is 9.26 Å². The van der Waals surface area contributed by atoms with Crippen molar-refractivity contribution in [3.63, 3.8) is 0 Å². The van der Waals surface area contributed by atoms with E-state index in [1.54, 1.807) is 12.1 Å². The summed E-state index contributed by atoms with van der Waals surface area (Å²) in [5, 5.41) is 3.81. The smallest absolute Gasteiger partial charge is 0.371 e. The van der Waals surface area contributed by atoms with Crippen molar-refractivity contribution in [2.24, 2.45) is 0 Å². The lowest BCUT2D eigenvalue weighted by Crippen LogP contribution is -2.37. The number of halogens is 4. The van der Waals surface area contributed by atoms with Crippen molar-refractivity contribution in [2.75, 3.05) is 19.7 Å². The minimum absolute atomic E-state index is 0.106. The number of aromatic nitrogens is 2. The monoisotopic (exact) mass is 407 g/mol. The molecule has 152 valence electrons. The predicted molar refractivity (Wildman–Crippen MR) is 95.1 cm³/mol. The maximum absolute atomic E-state index is 13.1. The van der Waals surface area contributed by atoms with Crippen LogP contribution in [-0.2, 0) is 17.5 Å². The van der Waals surface area contributed by atoms with Crippen molar-refractivity contribution >= 4 is 0 Å². The molecule has 9 heteroatoms. The molecule has 1 fully saturated rings. The quantitative estimate of drug-likeness (QED) is 0.598. The zero-order valence-electron chi connectivity index (χ0n) is 15.2. The predicted octanol–water partition coefficient (Wildman–Crippen LogP) is 4.47. The van der Waals surface area contributed by atoms with Gasteiger partial charge in [0.05, 0.1) is 24.8 Å². The Balaban J connectivity index is 1.44. The fraction of sp³-hybridized carbons (Fsp3) is 0.300. The third kappa shape index (κ3) is 4.63. The number of hydrogen-bond acceptors (Lipinski definition) is 5. The first-order valence-corrected chi connectivity index (χ1v) is 8.98. The maximum atomic E-state index is 13.1. The van der Waals surface area contributed by atoms with Gasteiger partial charge in [0, 0.05) is 18.7 Å². The molecule has 4 rings (SSSR count). The molecule has 5 nitrogen and oxygen atoms in total. The largest absolute Gasteiger partial charge is 0.416 e. The Morgan fingerprint density at radius 3 is 2.66 bits per heavy atom. The zero-order valence-corrected chi connectivity index (χ0v) is 15.2. The van der Waals surface area contributed by atoms with Crippen LogP contribution in [0.2, 0.25) is 0 Å². The summed E-state index contributed by atoms with van der Waals surface area (Å²) in [6, 6.07) is 10.9. The topological polar surface area (TPSA) is 51.4 Å². The first kappa shape index (κ1) is 19.5. The molecule has 0 aliphatic carbocycles. The molecule has 0 radical (unpaired) electrons. The molecule has 0 N–H and O–H groups in total. The highest BCUT2D eigenvalue weighted by Gasteiger charge is 2.31. The number of ether oxygens (including phenoxy) is 1. The summed E-state index contributed by atoms with van der Waals surface area (Å²) in [6.45, 7) is 2.01. The second kappa shape index (κ2) is 7.92. The maximum Gasteiger partial charge on any atom is 0.416 e. The molecule has 3 aromatic rings. The number of rotatable bonds is 4. The summed E-state index contributed by atoms with van der Waals surface area (Å²) in [7, 11) is 0. The molecule has 0 spiro atoms. The van der Waals surface area contributed by atoms with Gasteiger partial charge in [-0.2, -0.15) is 18.2 Å². The molecule has 1 atom stereocenters. The summed E-state index contributed by atoms with van der Waals surface area (Å²) in [5.41, 5.74) is 0.337. The lowest BCUT2D eigenvalue weighted by molar-refractivity contribution is -0.137. The van der Waals surface area contributed by atoms with Gasteiger partial charge in [-0.25, -0.2) is 4.39 Å². The number of alkyl halides is 3. The molecule has 0 saturated carbocycles. The van der Waals surface area contributed by atoms with Crippen LogP contribution in [0.25, 0.3) is 11.4 Å². The number of hydrogen-bond donors (Lipinski definition) is 0. The Labute approximate surface area is 163 Å². The molecule has 29 heavy (non-hydrogen) atoms. The standard InChI is InChI=1S/C20H17F4N3O2/c21-16-6-4-13(5-7-16)17-11-27(8-9-28-17)12-18-25-19(26-29-18)14-2-1-3-15(10-14)20(22,23)24/h1-7,10,17H,8-9,11-12H2. The number of morpholine rings is 1. The van der Waals surface area contributed by atoms with E-state index in [1.165, 1.54) is 24.3 Å². The molecule has 1 aromatic heterocycles. The molecule has 1 aliphatic rings. The Kier molecular flexibility index (Phi) is 5.33. The van der Waals surface area contributed by atoms with Gasteiger partial charge in [0.2, 0.25) is 11.7 Å². The SMILES string of the molecule is Fc1ccc(C2CN(Cc3nc(-c4cccc(C(F)(F)F)c4)no3)CCO2)cc1. The average Bonchev–Trinajstić information content (AvgIpc) is 3.17. The fourth-order valence-corrected chi connectivity index (χ4v) is 3.19. The fourth-order valence-electron chi connectivity index (χ4n) is 3.19. The Hall–Kier alpha value is -2.78. The molecule has 2 aromatic carbocycles. The lowest BCUT2D eigenvalue weighted by Gasteiger charge is -2.32. The van der Waals surface area contributed by atoms with Gasteiger partial charge in [-0.1, -0.05) is 29.4 Å². The number of nitrogens with zero attached hydrogens (tertiary/aromatic N) is 3. The van der Waals surface area contributed by atoms with E-state index in [1.807, 2.05) is 4.90 Å². The van der Waals surface area contributed by atoms with Crippen LogP contribution in [-0.4, -0.2) is 34.7 Å². The molecule has 0 bridgehead atoms. The van der Waals surface area contributed by atoms with E-state index in [9.17, 15) is 17.6 Å². The summed E-state index contributed by atoms with van der Waals surface area (Å²) < 4.78 is 62.8. The van der Waals surface area contributed by atoms with Crippen molar-refractivity contribution in [1.29, 1.82) is 0 Å². The van der Waals surface area contributed by atoms with Crippen LogP contribution in [0.4, 0.5) is 17.6 Å². The molecule has 2 heterocycles. The van der Waals surface area contributed by atoms with E-state index in [-0.39, 0.29) is 23.3 Å². The highest BCUT2D eigenvalue weighted by molar-refractivity contribution is 5.55. The Bertz CT molecular complexity index is 972. The van der Waals surface area contributed by atoms with Crippen LogP contribution < -0.4 is 0 Å². The van der Waals surface area contributed by atoms with Crippen molar-refractivity contribution in [3.05, 3.63) is 71.4 Å². The average molecular weight is 407 g/mol. The van der Waals surface area contributed by atoms with Crippen LogP contribution in [0.15, 0.2) is 53.1 Å². The molecular formula is C20H17F4N3O2. The number of benzene rings is 2. The second-order valence-corrected chi connectivity index (χ2v) is 6.74. The summed E-state index contributed by atoms with van der Waals surface area (Å²) >= 11 is 0. The lowest BCUT2D eigenvalue weighted by atomic mass is 10.1. The van der Waals surface area contributed by atoms with E-state index >= 15 is 0 Å². The summed E-state index contributed by atoms with van der Waals surface area (Å²) in [5.74, 6) is 0.0982. The van der Waals surface area contributed by atoms with Crippen LogP contribution >= 0.6 is 0 Å². The van der Waals surface area contributed by atoms with Crippen molar-refractivity contribution in [3.8, 4) is 11.4 Å². The Morgan fingerprint density at radius 2 is 1.90 bits per heavy atom. The highest BCUT2D eigenvalue weighted by Crippen LogP contribution is 2.31. The van der Waals surface area contributed by atoms with Crippen LogP contribution in [0.3, 0.4) is 0 Å². The Morgan fingerprint density at radius 1 is 1.10 bits per heavy atom. The highest BCUT2D eigenvalue weighted by atomic mass is 19.4. The zero-order chi connectivity index (χ0) is 20.4. The third-order valence-corrected chi connectivity index (χ3v) is 4.67. The minimum Gasteiger partial charge on any atom is -0.371 e. The van der Waals surface area contributed by atoms with E-state index in [2.05, 4.69) is 10.1 Å². The van der Waals surface area contributed by atoms with E-state index in [0.717, 1.165) is 17.7 Å². The summed E-state index contributed by atoms with van der Waals surface area (Å²) in [6.07, 6.45) is -4.65. The third-order valence-electron chi connectivity index (χ3n) is 4.67. The van der Waals surface area contributed by atoms with Crippen LogP contribution in [0.1, 0.15) is 23.1 Å². The van der Waals surface area contributed by atoms with Crippen LogP contribution in [0, 0.1) is 5.82 Å². The van der Waals surface area contributed by atoms with E-state index in [0.29, 0.717) is 32.1 Å². The summed E-state index contributed by atoms with van der Waals surface area (Å²) in [4.78, 5) is 6.27. The second-order valence-electron chi connectivity index (χ2n) is 6.74. The van der Waals surface area contributed by atoms with Crippen molar-refractivity contribution < 1.29 is 26.8 Å². The van der Waals surface area contributed by atoms with Gasteiger partial charge in [0.25, 0.3) is 0 Å².